The zero-order chi connectivity index (χ0) is 19.6. The molecule has 1 aliphatic heterocycles. The van der Waals surface area contributed by atoms with E-state index in [0.717, 1.165) is 5.56 Å². The summed E-state index contributed by atoms with van der Waals surface area (Å²) in [5.74, 6) is -0.747. The van der Waals surface area contributed by atoms with Gasteiger partial charge in [0.2, 0.25) is 11.8 Å². The molecule has 0 aromatic heterocycles. The fourth-order valence-corrected chi connectivity index (χ4v) is 3.28. The predicted octanol–water partition coefficient (Wildman–Crippen LogP) is 3.25. The highest BCUT2D eigenvalue weighted by Crippen LogP contribution is 2.24. The third kappa shape index (κ3) is 4.28. The van der Waals surface area contributed by atoms with Gasteiger partial charge in [0, 0.05) is 11.6 Å². The Kier molecular flexibility index (Phi) is 5.77. The molecule has 0 saturated carbocycles. The number of halogens is 2. The topological polar surface area (TPSA) is 49.9 Å². The van der Waals surface area contributed by atoms with Gasteiger partial charge in [0.05, 0.1) is 26.1 Å². The monoisotopic (exact) mass is 390 g/mol. The zero-order valence-electron chi connectivity index (χ0n) is 15.1. The van der Waals surface area contributed by atoms with Crippen LogP contribution in [0.2, 0.25) is 5.02 Å². The van der Waals surface area contributed by atoms with Crippen molar-refractivity contribution in [1.29, 1.82) is 0 Å². The Morgan fingerprint density at radius 3 is 2.48 bits per heavy atom. The van der Waals surface area contributed by atoms with Crippen LogP contribution in [0, 0.1) is 5.82 Å². The van der Waals surface area contributed by atoms with E-state index in [4.69, 9.17) is 16.3 Å². The molecule has 0 N–H and O–H groups in total. The summed E-state index contributed by atoms with van der Waals surface area (Å²) in [6.45, 7) is 0.565. The van der Waals surface area contributed by atoms with Gasteiger partial charge in [0.1, 0.15) is 0 Å². The SMILES string of the molecule is COc1ccc(CN(C)C2CC(=O)N(Cc3ccc(Cl)cc3)C2=O)cc1F. The Morgan fingerprint density at radius 2 is 1.85 bits per heavy atom. The number of likely N-dealkylation sites (tertiary alicyclic amines) is 1. The molecule has 1 atom stereocenters. The number of nitrogens with zero attached hydrogens (tertiary/aromatic N) is 2. The minimum absolute atomic E-state index is 0.113. The first kappa shape index (κ1) is 19.3. The molecule has 0 aliphatic carbocycles. The number of amides is 2. The van der Waals surface area contributed by atoms with E-state index < -0.39 is 11.9 Å². The summed E-state index contributed by atoms with van der Waals surface area (Å²) in [5, 5.41) is 0.599. The van der Waals surface area contributed by atoms with Gasteiger partial charge in [-0.05, 0) is 42.4 Å². The molecule has 2 aromatic carbocycles. The minimum Gasteiger partial charge on any atom is -0.494 e. The number of ether oxygens (including phenoxy) is 1. The van der Waals surface area contributed by atoms with Crippen molar-refractivity contribution in [3.8, 4) is 5.75 Å². The van der Waals surface area contributed by atoms with Crippen LogP contribution in [0.25, 0.3) is 0 Å². The number of hydrogen-bond acceptors (Lipinski definition) is 4. The number of methoxy groups -OCH3 is 1. The molecule has 1 aliphatic rings. The van der Waals surface area contributed by atoms with E-state index in [0.29, 0.717) is 17.1 Å². The van der Waals surface area contributed by atoms with Crippen molar-refractivity contribution >= 4 is 23.4 Å². The third-order valence-electron chi connectivity index (χ3n) is 4.65. The molecule has 7 heteroatoms. The van der Waals surface area contributed by atoms with E-state index in [-0.39, 0.29) is 30.5 Å². The molecule has 0 spiro atoms. The van der Waals surface area contributed by atoms with Gasteiger partial charge in [-0.3, -0.25) is 19.4 Å². The molecule has 142 valence electrons. The first-order valence-electron chi connectivity index (χ1n) is 8.50. The standard InChI is InChI=1S/C20H20ClFN2O3/c1-23(11-14-5-8-18(27-2)16(22)9-14)17-10-19(25)24(20(17)26)12-13-3-6-15(21)7-4-13/h3-9,17H,10-12H2,1-2H3. The van der Waals surface area contributed by atoms with E-state index in [1.807, 2.05) is 0 Å². The number of imide groups is 1. The van der Waals surface area contributed by atoms with Gasteiger partial charge in [-0.1, -0.05) is 29.8 Å². The second kappa shape index (κ2) is 8.06. The number of likely N-dealkylation sites (N-methyl/N-ethyl adjacent to an activating group) is 1. The second-order valence-corrected chi connectivity index (χ2v) is 6.98. The van der Waals surface area contributed by atoms with Crippen LogP contribution in [-0.4, -0.2) is 41.8 Å². The number of benzene rings is 2. The summed E-state index contributed by atoms with van der Waals surface area (Å²) in [5.41, 5.74) is 1.54. The van der Waals surface area contributed by atoms with Gasteiger partial charge in [-0.25, -0.2) is 4.39 Å². The maximum Gasteiger partial charge on any atom is 0.247 e. The average Bonchev–Trinajstić information content (AvgIpc) is 2.92. The fourth-order valence-electron chi connectivity index (χ4n) is 3.15. The summed E-state index contributed by atoms with van der Waals surface area (Å²) in [6.07, 6.45) is 0.113. The first-order valence-corrected chi connectivity index (χ1v) is 8.88. The summed E-state index contributed by atoms with van der Waals surface area (Å²) in [6, 6.07) is 11.1. The Labute approximate surface area is 162 Å². The quantitative estimate of drug-likeness (QED) is 0.710. The highest BCUT2D eigenvalue weighted by atomic mass is 35.5. The summed E-state index contributed by atoms with van der Waals surface area (Å²) in [4.78, 5) is 28.1. The number of hydrogen-bond donors (Lipinski definition) is 0. The van der Waals surface area contributed by atoms with Crippen molar-refractivity contribution in [2.75, 3.05) is 14.2 Å². The van der Waals surface area contributed by atoms with Crippen molar-refractivity contribution in [1.82, 2.24) is 9.80 Å². The number of carbonyl (C=O) groups is 2. The van der Waals surface area contributed by atoms with Crippen LogP contribution in [0.3, 0.4) is 0 Å². The largest absolute Gasteiger partial charge is 0.494 e. The van der Waals surface area contributed by atoms with E-state index in [1.54, 1.807) is 48.3 Å². The zero-order valence-corrected chi connectivity index (χ0v) is 15.9. The Hall–Kier alpha value is -2.44. The minimum atomic E-state index is -0.560. The Morgan fingerprint density at radius 1 is 1.19 bits per heavy atom. The fraction of sp³-hybridized carbons (Fsp3) is 0.300. The molecule has 1 unspecified atom stereocenters. The van der Waals surface area contributed by atoms with Crippen molar-refractivity contribution in [2.24, 2.45) is 0 Å². The molecular formula is C20H20ClFN2O3. The molecule has 2 amide bonds. The van der Waals surface area contributed by atoms with E-state index >= 15 is 0 Å². The molecule has 2 aromatic rings. The Bertz CT molecular complexity index is 857. The highest BCUT2D eigenvalue weighted by Gasteiger charge is 2.40. The van der Waals surface area contributed by atoms with Crippen LogP contribution >= 0.6 is 11.6 Å². The van der Waals surface area contributed by atoms with Crippen LogP contribution in [0.1, 0.15) is 17.5 Å². The van der Waals surface area contributed by atoms with Gasteiger partial charge in [0.25, 0.3) is 0 Å². The van der Waals surface area contributed by atoms with Crippen LogP contribution < -0.4 is 4.74 Å². The normalized spacial score (nSPS) is 17.1. The lowest BCUT2D eigenvalue weighted by molar-refractivity contribution is -0.140. The molecule has 0 radical (unpaired) electrons. The molecule has 1 fully saturated rings. The van der Waals surface area contributed by atoms with Crippen LogP contribution in [0.4, 0.5) is 4.39 Å². The second-order valence-electron chi connectivity index (χ2n) is 6.55. The summed E-state index contributed by atoms with van der Waals surface area (Å²) >= 11 is 5.87. The number of carbonyl (C=O) groups excluding carboxylic acids is 2. The van der Waals surface area contributed by atoms with Crippen LogP contribution in [0.15, 0.2) is 42.5 Å². The van der Waals surface area contributed by atoms with Gasteiger partial charge < -0.3 is 4.74 Å². The van der Waals surface area contributed by atoms with E-state index in [1.165, 1.54) is 18.1 Å². The van der Waals surface area contributed by atoms with Crippen LogP contribution in [-0.2, 0) is 22.7 Å². The van der Waals surface area contributed by atoms with E-state index in [2.05, 4.69) is 0 Å². The van der Waals surface area contributed by atoms with Gasteiger partial charge in [-0.15, -0.1) is 0 Å². The van der Waals surface area contributed by atoms with E-state index in [9.17, 15) is 14.0 Å². The smallest absolute Gasteiger partial charge is 0.247 e. The van der Waals surface area contributed by atoms with Crippen molar-refractivity contribution < 1.29 is 18.7 Å². The van der Waals surface area contributed by atoms with Gasteiger partial charge in [0.15, 0.2) is 11.6 Å². The molecule has 1 saturated heterocycles. The summed E-state index contributed by atoms with van der Waals surface area (Å²) in [7, 11) is 3.16. The van der Waals surface area contributed by atoms with Crippen molar-refractivity contribution in [2.45, 2.75) is 25.6 Å². The van der Waals surface area contributed by atoms with Crippen molar-refractivity contribution in [3.05, 3.63) is 64.4 Å². The average molecular weight is 391 g/mol. The lowest BCUT2D eigenvalue weighted by atomic mass is 10.1. The molecule has 1 heterocycles. The molecule has 3 rings (SSSR count). The maximum absolute atomic E-state index is 13.9. The summed E-state index contributed by atoms with van der Waals surface area (Å²) < 4.78 is 18.8. The highest BCUT2D eigenvalue weighted by molar-refractivity contribution is 6.30. The third-order valence-corrected chi connectivity index (χ3v) is 4.91. The molecular weight excluding hydrogens is 371 g/mol. The maximum atomic E-state index is 13.9. The van der Waals surface area contributed by atoms with Crippen LogP contribution in [0.5, 0.6) is 5.75 Å². The first-order chi connectivity index (χ1) is 12.9. The predicted molar refractivity (Wildman–Crippen MR) is 99.8 cm³/mol. The van der Waals surface area contributed by atoms with Crippen molar-refractivity contribution in [3.63, 3.8) is 0 Å². The lowest BCUT2D eigenvalue weighted by Gasteiger charge is -2.23. The molecule has 5 nitrogen and oxygen atoms in total. The molecule has 0 bridgehead atoms. The Balaban J connectivity index is 1.68. The molecule has 27 heavy (non-hydrogen) atoms. The number of rotatable bonds is 6. The van der Waals surface area contributed by atoms with Gasteiger partial charge >= 0.3 is 0 Å². The van der Waals surface area contributed by atoms with Gasteiger partial charge in [-0.2, -0.15) is 0 Å². The lowest BCUT2D eigenvalue weighted by Crippen LogP contribution is -2.39.